The average Bonchev–Trinajstić information content (AvgIpc) is 2.53. The van der Waals surface area contributed by atoms with Crippen LogP contribution in [-0.2, 0) is 19.7 Å². The van der Waals surface area contributed by atoms with Crippen LogP contribution in [0.25, 0.3) is 6.08 Å². The molecular formula is C17H15ClO4S2. The van der Waals surface area contributed by atoms with Gasteiger partial charge < -0.3 is 0 Å². The Morgan fingerprint density at radius 2 is 1.38 bits per heavy atom. The van der Waals surface area contributed by atoms with Crippen molar-refractivity contribution in [3.8, 4) is 0 Å². The lowest BCUT2D eigenvalue weighted by molar-refractivity contribution is 0.580. The van der Waals surface area contributed by atoms with Crippen molar-refractivity contribution in [3.63, 3.8) is 0 Å². The Bertz CT molecular complexity index is 939. The molecule has 0 radical (unpaired) electrons. The molecule has 0 unspecified atom stereocenters. The summed E-state index contributed by atoms with van der Waals surface area (Å²) >= 11 is 5.80. The van der Waals surface area contributed by atoms with Gasteiger partial charge in [-0.25, -0.2) is 16.8 Å². The van der Waals surface area contributed by atoms with E-state index in [1.807, 2.05) is 0 Å². The fraction of sp³-hybridized carbons (Fsp3) is 0.176. The maximum atomic E-state index is 12.6. The van der Waals surface area contributed by atoms with Crippen LogP contribution in [0.15, 0.2) is 58.8 Å². The molecule has 1 aliphatic heterocycles. The second kappa shape index (κ2) is 6.35. The van der Waals surface area contributed by atoms with Crippen molar-refractivity contribution in [3.05, 3.63) is 75.0 Å². The van der Waals surface area contributed by atoms with E-state index in [1.165, 1.54) is 6.08 Å². The fourth-order valence-electron chi connectivity index (χ4n) is 2.73. The zero-order valence-corrected chi connectivity index (χ0v) is 15.0. The van der Waals surface area contributed by atoms with Gasteiger partial charge in [0.25, 0.3) is 0 Å². The van der Waals surface area contributed by atoms with E-state index in [4.69, 9.17) is 11.6 Å². The summed E-state index contributed by atoms with van der Waals surface area (Å²) in [5, 5.41) is 0.496. The number of halogens is 1. The third-order valence-corrected chi connectivity index (χ3v) is 8.80. The molecule has 0 bridgehead atoms. The van der Waals surface area contributed by atoms with Gasteiger partial charge in [-0.15, -0.1) is 0 Å². The summed E-state index contributed by atoms with van der Waals surface area (Å²) in [7, 11) is -7.79. The summed E-state index contributed by atoms with van der Waals surface area (Å²) in [6.45, 7) is 0. The maximum absolute atomic E-state index is 12.6. The molecule has 2 aromatic rings. The van der Waals surface area contributed by atoms with E-state index in [-0.39, 0.29) is 11.5 Å². The van der Waals surface area contributed by atoms with E-state index in [1.54, 1.807) is 54.6 Å². The Morgan fingerprint density at radius 1 is 0.833 bits per heavy atom. The first kappa shape index (κ1) is 17.2. The molecule has 1 saturated heterocycles. The molecule has 1 aliphatic rings. The largest absolute Gasteiger partial charge is 0.223 e. The van der Waals surface area contributed by atoms with Crippen LogP contribution in [0.5, 0.6) is 0 Å². The summed E-state index contributed by atoms with van der Waals surface area (Å²) < 4.78 is 49.8. The first-order chi connectivity index (χ1) is 11.3. The lowest BCUT2D eigenvalue weighted by atomic mass is 10.0. The molecule has 0 N–H and O–H groups in total. The van der Waals surface area contributed by atoms with Gasteiger partial charge in [0, 0.05) is 10.9 Å². The first-order valence-electron chi connectivity index (χ1n) is 7.26. The van der Waals surface area contributed by atoms with Crippen LogP contribution in [0, 0.1) is 0 Å². The van der Waals surface area contributed by atoms with Crippen molar-refractivity contribution >= 4 is 37.4 Å². The number of rotatable bonds is 2. The van der Waals surface area contributed by atoms with E-state index >= 15 is 0 Å². The van der Waals surface area contributed by atoms with Crippen LogP contribution < -0.4 is 0 Å². The molecule has 0 aliphatic carbocycles. The average molecular weight is 383 g/mol. The molecule has 24 heavy (non-hydrogen) atoms. The predicted molar refractivity (Wildman–Crippen MR) is 96.2 cm³/mol. The molecule has 126 valence electrons. The zero-order chi connectivity index (χ0) is 17.4. The SMILES string of the molecule is O=S1(=O)CC(c2ccccc2)CS(=O)(=O)C1=Cc1ccc(Cl)cc1. The van der Waals surface area contributed by atoms with E-state index < -0.39 is 29.8 Å². The Labute approximate surface area is 146 Å². The number of benzene rings is 2. The van der Waals surface area contributed by atoms with Crippen molar-refractivity contribution in [1.29, 1.82) is 0 Å². The minimum Gasteiger partial charge on any atom is -0.223 e. The number of hydrogen-bond donors (Lipinski definition) is 0. The van der Waals surface area contributed by atoms with Crippen molar-refractivity contribution in [2.75, 3.05) is 11.5 Å². The minimum absolute atomic E-state index is 0.213. The molecule has 0 amide bonds. The lowest BCUT2D eigenvalue weighted by Crippen LogP contribution is -2.33. The van der Waals surface area contributed by atoms with Gasteiger partial charge in [0.15, 0.2) is 23.9 Å². The molecule has 1 heterocycles. The van der Waals surface area contributed by atoms with Crippen LogP contribution >= 0.6 is 11.6 Å². The highest BCUT2D eigenvalue weighted by atomic mass is 35.5. The Morgan fingerprint density at radius 3 is 1.92 bits per heavy atom. The van der Waals surface area contributed by atoms with Crippen molar-refractivity contribution < 1.29 is 16.8 Å². The number of sulfone groups is 2. The van der Waals surface area contributed by atoms with E-state index in [0.717, 1.165) is 5.56 Å². The number of hydrogen-bond acceptors (Lipinski definition) is 4. The smallest absolute Gasteiger partial charge is 0.189 e. The summed E-state index contributed by atoms with van der Waals surface area (Å²) in [5.74, 6) is -0.978. The third-order valence-electron chi connectivity index (χ3n) is 3.88. The second-order valence-electron chi connectivity index (χ2n) is 5.69. The zero-order valence-electron chi connectivity index (χ0n) is 12.6. The van der Waals surface area contributed by atoms with Crippen molar-refractivity contribution in [2.45, 2.75) is 5.92 Å². The molecule has 2 aromatic carbocycles. The quantitative estimate of drug-likeness (QED) is 0.799. The van der Waals surface area contributed by atoms with Gasteiger partial charge in [-0.3, -0.25) is 0 Å². The molecular weight excluding hydrogens is 368 g/mol. The standard InChI is InChI=1S/C17H15ClO4S2/c18-16-8-6-13(7-9-16)10-17-23(19,20)11-15(12-24(17,21)22)14-4-2-1-3-5-14/h1-10,15H,11-12H2. The van der Waals surface area contributed by atoms with Gasteiger partial charge in [0.1, 0.15) is 0 Å². The van der Waals surface area contributed by atoms with Gasteiger partial charge in [-0.05, 0) is 29.3 Å². The van der Waals surface area contributed by atoms with E-state index in [2.05, 4.69) is 0 Å². The van der Waals surface area contributed by atoms with Gasteiger partial charge in [0.2, 0.25) is 0 Å². The third kappa shape index (κ3) is 3.55. The molecule has 0 aromatic heterocycles. The Hall–Kier alpha value is -1.63. The Kier molecular flexibility index (Phi) is 4.55. The Balaban J connectivity index is 2.03. The van der Waals surface area contributed by atoms with Crippen LogP contribution in [-0.4, -0.2) is 28.3 Å². The molecule has 7 heteroatoms. The first-order valence-corrected chi connectivity index (χ1v) is 10.9. The highest BCUT2D eigenvalue weighted by Crippen LogP contribution is 2.34. The van der Waals surface area contributed by atoms with Crippen LogP contribution in [0.1, 0.15) is 17.0 Å². The second-order valence-corrected chi connectivity index (χ2v) is 10.4. The monoisotopic (exact) mass is 382 g/mol. The molecule has 0 spiro atoms. The molecule has 0 atom stereocenters. The highest BCUT2D eigenvalue weighted by molar-refractivity contribution is 8.15. The highest BCUT2D eigenvalue weighted by Gasteiger charge is 2.40. The summed E-state index contributed by atoms with van der Waals surface area (Å²) in [5.41, 5.74) is 1.20. The van der Waals surface area contributed by atoms with Gasteiger partial charge in [-0.1, -0.05) is 54.1 Å². The predicted octanol–water partition coefficient (Wildman–Crippen LogP) is 3.27. The normalized spacial score (nSPS) is 22.0. The fourth-order valence-corrected chi connectivity index (χ4v) is 7.60. The van der Waals surface area contributed by atoms with Gasteiger partial charge in [-0.2, -0.15) is 0 Å². The molecule has 0 saturated carbocycles. The van der Waals surface area contributed by atoms with Crippen molar-refractivity contribution in [1.82, 2.24) is 0 Å². The van der Waals surface area contributed by atoms with Gasteiger partial charge in [0.05, 0.1) is 11.5 Å². The van der Waals surface area contributed by atoms with Crippen LogP contribution in [0.2, 0.25) is 5.02 Å². The minimum atomic E-state index is -3.90. The van der Waals surface area contributed by atoms with E-state index in [9.17, 15) is 16.8 Å². The summed E-state index contributed by atoms with van der Waals surface area (Å²) in [6, 6.07) is 15.2. The van der Waals surface area contributed by atoms with E-state index in [0.29, 0.717) is 10.6 Å². The van der Waals surface area contributed by atoms with Crippen LogP contribution in [0.3, 0.4) is 0 Å². The van der Waals surface area contributed by atoms with Crippen molar-refractivity contribution in [2.24, 2.45) is 0 Å². The molecule has 1 fully saturated rings. The van der Waals surface area contributed by atoms with Gasteiger partial charge >= 0.3 is 0 Å². The maximum Gasteiger partial charge on any atom is 0.189 e. The lowest BCUT2D eigenvalue weighted by Gasteiger charge is -2.24. The van der Waals surface area contributed by atoms with Crippen LogP contribution in [0.4, 0.5) is 0 Å². The molecule has 3 rings (SSSR count). The topological polar surface area (TPSA) is 68.3 Å². The summed E-state index contributed by atoms with van der Waals surface area (Å²) in [6.07, 6.45) is 1.21. The molecule has 4 nitrogen and oxygen atoms in total. The summed E-state index contributed by atoms with van der Waals surface area (Å²) in [4.78, 5) is 0.